The molecule has 6 heteroatoms. The lowest BCUT2D eigenvalue weighted by Crippen LogP contribution is -3.00. The van der Waals surface area contributed by atoms with Crippen LogP contribution < -0.4 is 27.3 Å². The van der Waals surface area contributed by atoms with Crippen LogP contribution in [0.1, 0.15) is 20.7 Å². The van der Waals surface area contributed by atoms with Crippen LogP contribution >= 0.6 is 0 Å². The Morgan fingerprint density at radius 2 is 1.48 bits per heavy atom. The fraction of sp³-hybridized carbons (Fsp3) is 0.133. The molecule has 0 saturated carbocycles. The van der Waals surface area contributed by atoms with Gasteiger partial charge < -0.3 is 22.7 Å². The second-order valence-electron chi connectivity index (χ2n) is 4.32. The lowest BCUT2D eigenvalue weighted by atomic mass is 10.1. The smallest absolute Gasteiger partial charge is 0.227 e. The van der Waals surface area contributed by atoms with E-state index < -0.39 is 0 Å². The zero-order valence-electron chi connectivity index (χ0n) is 11.1. The van der Waals surface area contributed by atoms with Crippen molar-refractivity contribution in [3.8, 4) is 0 Å². The van der Waals surface area contributed by atoms with Crippen LogP contribution in [0.25, 0.3) is 0 Å². The molecule has 0 spiro atoms. The first-order valence-corrected chi connectivity index (χ1v) is 6.11. The molecule has 1 heterocycles. The van der Waals surface area contributed by atoms with Crippen LogP contribution in [0.5, 0.6) is 0 Å². The number of hydrogen-bond donors (Lipinski definition) is 1. The number of carbonyl (C=O) groups excluding carboxylic acids is 2. The molecule has 0 aliphatic rings. The van der Waals surface area contributed by atoms with E-state index >= 15 is 0 Å². The molecule has 0 unspecified atom stereocenters. The molecule has 0 bridgehead atoms. The summed E-state index contributed by atoms with van der Waals surface area (Å²) >= 11 is 0. The maximum absolute atomic E-state index is 12.8. The average Bonchev–Trinajstić information content (AvgIpc) is 2.48. The SMILES string of the molecule is NCC(=O)c1cc[n+](CC(=O)c2ccc(F)cc2)cc1.[Br-]. The van der Waals surface area contributed by atoms with Gasteiger partial charge in [-0.2, -0.15) is 4.57 Å². The molecule has 0 atom stereocenters. The molecule has 2 N–H and O–H groups in total. The first kappa shape index (κ1) is 17.1. The third kappa shape index (κ3) is 4.54. The molecule has 4 nitrogen and oxygen atoms in total. The summed E-state index contributed by atoms with van der Waals surface area (Å²) in [6.45, 7) is 0.0846. The Morgan fingerprint density at radius 1 is 0.952 bits per heavy atom. The summed E-state index contributed by atoms with van der Waals surface area (Å²) in [6.07, 6.45) is 3.29. The van der Waals surface area contributed by atoms with Gasteiger partial charge in [0.15, 0.2) is 18.2 Å². The highest BCUT2D eigenvalue weighted by atomic mass is 79.9. The number of aromatic nitrogens is 1. The molecular weight excluding hydrogens is 339 g/mol. The van der Waals surface area contributed by atoms with E-state index in [9.17, 15) is 14.0 Å². The number of hydrogen-bond acceptors (Lipinski definition) is 3. The quantitative estimate of drug-likeness (QED) is 0.507. The van der Waals surface area contributed by atoms with E-state index in [1.165, 1.54) is 24.3 Å². The Bertz CT molecular complexity index is 627. The molecule has 0 saturated heterocycles. The van der Waals surface area contributed by atoms with Crippen molar-refractivity contribution in [1.82, 2.24) is 0 Å². The lowest BCUT2D eigenvalue weighted by Gasteiger charge is -1.99. The summed E-state index contributed by atoms with van der Waals surface area (Å²) in [7, 11) is 0. The maximum Gasteiger partial charge on any atom is 0.227 e. The van der Waals surface area contributed by atoms with Crippen LogP contribution in [-0.2, 0) is 6.54 Å². The molecule has 0 aliphatic carbocycles. The van der Waals surface area contributed by atoms with Gasteiger partial charge in [-0.05, 0) is 24.3 Å². The van der Waals surface area contributed by atoms with E-state index in [4.69, 9.17) is 5.73 Å². The number of benzene rings is 1. The van der Waals surface area contributed by atoms with E-state index in [-0.39, 0.29) is 47.5 Å². The number of pyridine rings is 1. The topological polar surface area (TPSA) is 64.0 Å². The lowest BCUT2D eigenvalue weighted by molar-refractivity contribution is -0.683. The van der Waals surface area contributed by atoms with E-state index in [1.54, 1.807) is 29.1 Å². The van der Waals surface area contributed by atoms with Crippen LogP contribution in [-0.4, -0.2) is 18.1 Å². The van der Waals surface area contributed by atoms with Crippen molar-refractivity contribution in [3.05, 3.63) is 65.7 Å². The highest BCUT2D eigenvalue weighted by Crippen LogP contribution is 2.04. The average molecular weight is 353 g/mol. The number of nitrogens with zero attached hydrogens (tertiary/aromatic N) is 1. The number of ketones is 2. The van der Waals surface area contributed by atoms with Crippen LogP contribution in [0.3, 0.4) is 0 Å². The summed E-state index contributed by atoms with van der Waals surface area (Å²) in [5.41, 5.74) is 6.23. The van der Waals surface area contributed by atoms with Crippen molar-refractivity contribution < 1.29 is 35.5 Å². The number of halogens is 2. The summed E-state index contributed by atoms with van der Waals surface area (Å²) in [5, 5.41) is 0. The van der Waals surface area contributed by atoms with Gasteiger partial charge in [0, 0.05) is 23.3 Å². The van der Waals surface area contributed by atoms with Crippen LogP contribution in [0.15, 0.2) is 48.8 Å². The van der Waals surface area contributed by atoms with Crippen molar-refractivity contribution in [2.75, 3.05) is 6.54 Å². The van der Waals surface area contributed by atoms with Crippen molar-refractivity contribution in [1.29, 1.82) is 0 Å². The highest BCUT2D eigenvalue weighted by Gasteiger charge is 2.13. The first-order valence-electron chi connectivity index (χ1n) is 6.11. The van der Waals surface area contributed by atoms with Crippen LogP contribution in [0.4, 0.5) is 4.39 Å². The third-order valence-corrected chi connectivity index (χ3v) is 2.89. The summed E-state index contributed by atoms with van der Waals surface area (Å²) in [6, 6.07) is 8.64. The number of rotatable bonds is 5. The monoisotopic (exact) mass is 352 g/mol. The van der Waals surface area contributed by atoms with Gasteiger partial charge in [-0.15, -0.1) is 0 Å². The van der Waals surface area contributed by atoms with E-state index in [1.807, 2.05) is 0 Å². The molecule has 0 fully saturated rings. The molecule has 1 aromatic heterocycles. The second kappa shape index (κ2) is 7.75. The fourth-order valence-corrected chi connectivity index (χ4v) is 1.76. The van der Waals surface area contributed by atoms with Gasteiger partial charge >= 0.3 is 0 Å². The minimum Gasteiger partial charge on any atom is -1.00 e. The third-order valence-electron chi connectivity index (χ3n) is 2.89. The van der Waals surface area contributed by atoms with Gasteiger partial charge in [0.1, 0.15) is 5.82 Å². The Kier molecular flexibility index (Phi) is 6.33. The van der Waals surface area contributed by atoms with Crippen LogP contribution in [0.2, 0.25) is 0 Å². The predicted octanol–water partition coefficient (Wildman–Crippen LogP) is -1.86. The molecule has 2 rings (SSSR count). The van der Waals surface area contributed by atoms with Gasteiger partial charge in [0.2, 0.25) is 12.3 Å². The van der Waals surface area contributed by atoms with Gasteiger partial charge in [0.05, 0.1) is 6.54 Å². The van der Waals surface area contributed by atoms with Crippen LogP contribution in [0, 0.1) is 5.82 Å². The van der Waals surface area contributed by atoms with Crippen molar-refractivity contribution in [2.45, 2.75) is 6.54 Å². The van der Waals surface area contributed by atoms with Crippen molar-refractivity contribution in [3.63, 3.8) is 0 Å². The van der Waals surface area contributed by atoms with E-state index in [0.29, 0.717) is 11.1 Å². The van der Waals surface area contributed by atoms with Crippen molar-refractivity contribution in [2.24, 2.45) is 5.73 Å². The fourth-order valence-electron chi connectivity index (χ4n) is 1.76. The van der Waals surface area contributed by atoms with E-state index in [2.05, 4.69) is 0 Å². The first-order chi connectivity index (χ1) is 9.60. The van der Waals surface area contributed by atoms with Gasteiger partial charge in [-0.3, -0.25) is 9.59 Å². The second-order valence-corrected chi connectivity index (χ2v) is 4.32. The Hall–Kier alpha value is -1.92. The summed E-state index contributed by atoms with van der Waals surface area (Å²) in [5.74, 6) is -0.659. The van der Waals surface area contributed by atoms with Gasteiger partial charge in [-0.25, -0.2) is 4.39 Å². The number of Topliss-reactive ketones (excluding diaryl/α,β-unsaturated/α-hetero) is 2. The van der Waals surface area contributed by atoms with Gasteiger partial charge in [0.25, 0.3) is 0 Å². The molecular formula is C15H14BrFN2O2. The normalized spacial score (nSPS) is 9.81. The molecule has 2 aromatic rings. The van der Waals surface area contributed by atoms with Crippen molar-refractivity contribution >= 4 is 11.6 Å². The largest absolute Gasteiger partial charge is 1.00 e. The zero-order chi connectivity index (χ0) is 14.5. The highest BCUT2D eigenvalue weighted by molar-refractivity contribution is 5.97. The Labute approximate surface area is 132 Å². The summed E-state index contributed by atoms with van der Waals surface area (Å²) < 4.78 is 14.4. The molecule has 1 aromatic carbocycles. The van der Waals surface area contributed by atoms with Gasteiger partial charge in [-0.1, -0.05) is 0 Å². The molecule has 21 heavy (non-hydrogen) atoms. The minimum atomic E-state index is -0.376. The number of carbonyl (C=O) groups is 2. The zero-order valence-corrected chi connectivity index (χ0v) is 12.7. The molecule has 0 aliphatic heterocycles. The standard InChI is InChI=1S/C15H14FN2O2.BrH/c16-13-3-1-11(2-4-13)15(20)10-18-7-5-12(6-8-18)14(19)9-17;/h1-8H,9-10,17H2;1H/q+1;/p-1. The molecule has 110 valence electrons. The minimum absolute atomic E-state index is 0. The number of nitrogens with two attached hydrogens (primary N) is 1. The molecule has 0 amide bonds. The Morgan fingerprint density at radius 3 is 2.00 bits per heavy atom. The Balaban J connectivity index is 0.00000220. The molecule has 0 radical (unpaired) electrons. The maximum atomic E-state index is 12.8. The predicted molar refractivity (Wildman–Crippen MR) is 70.8 cm³/mol. The summed E-state index contributed by atoms with van der Waals surface area (Å²) in [4.78, 5) is 23.3. The van der Waals surface area contributed by atoms with E-state index in [0.717, 1.165) is 0 Å².